The van der Waals surface area contributed by atoms with Gasteiger partial charge in [-0.05, 0) is 66.8 Å². The van der Waals surface area contributed by atoms with E-state index in [1.54, 1.807) is 24.3 Å². The lowest BCUT2D eigenvalue weighted by atomic mass is 10.1. The molecule has 200 valence electrons. The Morgan fingerprint density at radius 3 is 2.45 bits per heavy atom. The largest absolute Gasteiger partial charge is 0.496 e. The third-order valence-electron chi connectivity index (χ3n) is 5.56. The Morgan fingerprint density at radius 1 is 1.05 bits per heavy atom. The van der Waals surface area contributed by atoms with Gasteiger partial charge in [-0.3, -0.25) is 9.55 Å². The van der Waals surface area contributed by atoms with E-state index in [0.29, 0.717) is 46.3 Å². The fourth-order valence-corrected chi connectivity index (χ4v) is 4.78. The van der Waals surface area contributed by atoms with Crippen LogP contribution >= 0.6 is 22.6 Å². The van der Waals surface area contributed by atoms with Crippen molar-refractivity contribution in [1.29, 1.82) is 0 Å². The summed E-state index contributed by atoms with van der Waals surface area (Å²) in [5, 5.41) is 0. The molecule has 0 radical (unpaired) electrons. The van der Waals surface area contributed by atoms with Crippen LogP contribution in [0.5, 0.6) is 11.5 Å². The van der Waals surface area contributed by atoms with Crippen LogP contribution in [0.1, 0.15) is 31.3 Å². The van der Waals surface area contributed by atoms with E-state index in [2.05, 4.69) is 32.6 Å². The Labute approximate surface area is 229 Å². The SMILES string of the molecule is CCOC(C)n1c(-c2ccc(F)nc2)nc(-c2ccc(OCc3ccc(C(F)(F)F)nc3)cc2OC)c1I. The molecule has 1 atom stereocenters. The van der Waals surface area contributed by atoms with Gasteiger partial charge in [0.25, 0.3) is 0 Å². The van der Waals surface area contributed by atoms with E-state index in [9.17, 15) is 17.6 Å². The monoisotopic (exact) mass is 642 g/mol. The number of imidazole rings is 1. The molecule has 1 unspecified atom stereocenters. The number of aromatic nitrogens is 4. The number of hydrogen-bond donors (Lipinski definition) is 0. The minimum atomic E-state index is -4.50. The lowest BCUT2D eigenvalue weighted by Gasteiger charge is -2.17. The lowest BCUT2D eigenvalue weighted by Crippen LogP contribution is -2.12. The average Bonchev–Trinajstić information content (AvgIpc) is 3.24. The molecule has 0 saturated heterocycles. The molecule has 7 nitrogen and oxygen atoms in total. The van der Waals surface area contributed by atoms with Crippen LogP contribution < -0.4 is 9.47 Å². The van der Waals surface area contributed by atoms with Crippen LogP contribution in [0.3, 0.4) is 0 Å². The molecule has 0 saturated carbocycles. The molecule has 0 amide bonds. The minimum Gasteiger partial charge on any atom is -0.496 e. The van der Waals surface area contributed by atoms with Gasteiger partial charge in [-0.25, -0.2) is 9.97 Å². The van der Waals surface area contributed by atoms with Crippen molar-refractivity contribution in [2.45, 2.75) is 32.9 Å². The molecule has 0 aliphatic carbocycles. The lowest BCUT2D eigenvalue weighted by molar-refractivity contribution is -0.141. The summed E-state index contributed by atoms with van der Waals surface area (Å²) in [5.41, 5.74) is 1.43. The topological polar surface area (TPSA) is 71.3 Å². The zero-order valence-corrected chi connectivity index (χ0v) is 22.7. The summed E-state index contributed by atoms with van der Waals surface area (Å²) in [5.74, 6) is 0.882. The van der Waals surface area contributed by atoms with Crippen molar-refractivity contribution in [1.82, 2.24) is 19.5 Å². The van der Waals surface area contributed by atoms with Crippen molar-refractivity contribution in [2.75, 3.05) is 13.7 Å². The first-order valence-electron chi connectivity index (χ1n) is 11.5. The first-order chi connectivity index (χ1) is 18.1. The van der Waals surface area contributed by atoms with Gasteiger partial charge in [0.05, 0.1) is 7.11 Å². The van der Waals surface area contributed by atoms with E-state index in [0.717, 1.165) is 16.0 Å². The van der Waals surface area contributed by atoms with E-state index in [4.69, 9.17) is 19.2 Å². The van der Waals surface area contributed by atoms with Crippen molar-refractivity contribution >= 4 is 22.6 Å². The van der Waals surface area contributed by atoms with Crippen molar-refractivity contribution in [3.05, 3.63) is 75.8 Å². The van der Waals surface area contributed by atoms with Crippen LogP contribution in [0.15, 0.2) is 54.9 Å². The Kier molecular flexibility index (Phi) is 8.51. The third kappa shape index (κ3) is 6.07. The zero-order valence-electron chi connectivity index (χ0n) is 20.6. The van der Waals surface area contributed by atoms with Crippen LogP contribution in [0.2, 0.25) is 0 Å². The number of methoxy groups -OCH3 is 1. The van der Waals surface area contributed by atoms with Gasteiger partial charge in [-0.1, -0.05) is 6.07 Å². The first-order valence-corrected chi connectivity index (χ1v) is 12.5. The number of ether oxygens (including phenoxy) is 3. The Morgan fingerprint density at radius 2 is 1.84 bits per heavy atom. The number of nitrogens with zero attached hydrogens (tertiary/aromatic N) is 4. The van der Waals surface area contributed by atoms with E-state index in [1.165, 1.54) is 25.4 Å². The molecule has 0 N–H and O–H groups in total. The third-order valence-corrected chi connectivity index (χ3v) is 6.59. The van der Waals surface area contributed by atoms with Crippen LogP contribution in [0.4, 0.5) is 17.6 Å². The van der Waals surface area contributed by atoms with E-state index < -0.39 is 17.8 Å². The van der Waals surface area contributed by atoms with Gasteiger partial charge < -0.3 is 14.2 Å². The van der Waals surface area contributed by atoms with E-state index in [-0.39, 0.29) is 12.8 Å². The normalized spacial score (nSPS) is 12.4. The van der Waals surface area contributed by atoms with Crippen molar-refractivity contribution in [2.24, 2.45) is 0 Å². The highest BCUT2D eigenvalue weighted by molar-refractivity contribution is 14.1. The van der Waals surface area contributed by atoms with Crippen LogP contribution in [0, 0.1) is 9.65 Å². The molecule has 3 aromatic heterocycles. The predicted molar refractivity (Wildman–Crippen MR) is 140 cm³/mol. The maximum absolute atomic E-state index is 13.5. The Hall–Kier alpha value is -3.26. The molecule has 4 rings (SSSR count). The summed E-state index contributed by atoms with van der Waals surface area (Å²) in [6.07, 6.45) is -2.31. The van der Waals surface area contributed by atoms with Crippen molar-refractivity contribution in [3.8, 4) is 34.1 Å². The molecule has 0 bridgehead atoms. The molecule has 1 aromatic carbocycles. The molecule has 0 spiro atoms. The number of halogens is 5. The summed E-state index contributed by atoms with van der Waals surface area (Å²) >= 11 is 2.18. The molecule has 3 heterocycles. The summed E-state index contributed by atoms with van der Waals surface area (Å²) in [7, 11) is 1.51. The fourth-order valence-electron chi connectivity index (χ4n) is 3.74. The summed E-state index contributed by atoms with van der Waals surface area (Å²) < 4.78 is 71.6. The van der Waals surface area contributed by atoms with Gasteiger partial charge in [0.15, 0.2) is 0 Å². The summed E-state index contributed by atoms with van der Waals surface area (Å²) in [6, 6.07) is 10.3. The molecule has 38 heavy (non-hydrogen) atoms. The second-order valence-corrected chi connectivity index (χ2v) is 9.09. The summed E-state index contributed by atoms with van der Waals surface area (Å²) in [4.78, 5) is 12.0. The first kappa shape index (κ1) is 27.8. The number of benzene rings is 1. The quantitative estimate of drug-likeness (QED) is 0.112. The fraction of sp³-hybridized carbons (Fsp3) is 0.269. The molecule has 4 aromatic rings. The highest BCUT2D eigenvalue weighted by Gasteiger charge is 2.32. The maximum atomic E-state index is 13.5. The molecular weight excluding hydrogens is 619 g/mol. The minimum absolute atomic E-state index is 0.0212. The van der Waals surface area contributed by atoms with Crippen LogP contribution in [0.25, 0.3) is 22.6 Å². The second-order valence-electron chi connectivity index (χ2n) is 8.07. The van der Waals surface area contributed by atoms with Gasteiger partial charge in [0.1, 0.15) is 45.2 Å². The molecule has 12 heteroatoms. The molecule has 0 aliphatic heterocycles. The van der Waals surface area contributed by atoms with Crippen LogP contribution in [-0.2, 0) is 17.5 Å². The summed E-state index contributed by atoms with van der Waals surface area (Å²) in [6.45, 7) is 4.29. The van der Waals surface area contributed by atoms with Gasteiger partial charge in [-0.15, -0.1) is 0 Å². The van der Waals surface area contributed by atoms with E-state index in [1.807, 2.05) is 18.4 Å². The maximum Gasteiger partial charge on any atom is 0.433 e. The molecular formula is C26H23F4IN4O3. The number of hydrogen-bond acceptors (Lipinski definition) is 6. The standard InChI is InChI=1S/C26H23F4IN4O3/c1-4-37-15(2)35-24(31)23(34-25(35)17-6-10-22(27)33-13-17)19-8-7-18(11-20(19)36-3)38-14-16-5-9-21(32-12-16)26(28,29)30/h5-13,15H,4,14H2,1-3H3. The zero-order chi connectivity index (χ0) is 27.4. The van der Waals surface area contributed by atoms with Gasteiger partial charge in [-0.2, -0.15) is 17.6 Å². The van der Waals surface area contributed by atoms with Gasteiger partial charge in [0.2, 0.25) is 5.95 Å². The average molecular weight is 642 g/mol. The van der Waals surface area contributed by atoms with Crippen molar-refractivity contribution < 1.29 is 31.8 Å². The van der Waals surface area contributed by atoms with Gasteiger partial charge in [0, 0.05) is 41.8 Å². The number of alkyl halides is 3. The Balaban J connectivity index is 1.65. The molecule has 0 aliphatic rings. The van der Waals surface area contributed by atoms with Crippen LogP contribution in [-0.4, -0.2) is 33.2 Å². The number of pyridine rings is 2. The Bertz CT molecular complexity index is 1390. The highest BCUT2D eigenvalue weighted by Crippen LogP contribution is 2.39. The predicted octanol–water partition coefficient (Wildman–Crippen LogP) is 6.91. The number of rotatable bonds is 9. The molecule has 0 fully saturated rings. The van der Waals surface area contributed by atoms with Gasteiger partial charge >= 0.3 is 6.18 Å². The second kappa shape index (κ2) is 11.6. The smallest absolute Gasteiger partial charge is 0.433 e. The van der Waals surface area contributed by atoms with E-state index >= 15 is 0 Å². The highest BCUT2D eigenvalue weighted by atomic mass is 127. The van der Waals surface area contributed by atoms with Crippen molar-refractivity contribution in [3.63, 3.8) is 0 Å².